The van der Waals surface area contributed by atoms with Crippen LogP contribution >= 0.6 is 23.8 Å². The van der Waals surface area contributed by atoms with Gasteiger partial charge in [-0.1, -0.05) is 6.07 Å². The molecule has 0 aliphatic rings. The van der Waals surface area contributed by atoms with E-state index in [2.05, 4.69) is 5.32 Å². The predicted octanol–water partition coefficient (Wildman–Crippen LogP) is 1.96. The number of benzene rings is 1. The molecule has 0 saturated carbocycles. The van der Waals surface area contributed by atoms with Crippen molar-refractivity contribution < 1.29 is 4.74 Å². The van der Waals surface area contributed by atoms with Crippen molar-refractivity contribution in [3.8, 4) is 5.75 Å². The quantitative estimate of drug-likeness (QED) is 0.613. The van der Waals surface area contributed by atoms with Gasteiger partial charge >= 0.3 is 0 Å². The Balaban J connectivity index is 2.63. The summed E-state index contributed by atoms with van der Waals surface area (Å²) in [5.74, 6) is 1.21. The number of alkyl halides is 1. The fraction of sp³-hybridized carbons (Fsp3) is 0.222. The molecule has 5 heteroatoms. The lowest BCUT2D eigenvalue weighted by Gasteiger charge is -2.07. The summed E-state index contributed by atoms with van der Waals surface area (Å²) in [5, 5.41) is 3.05. The van der Waals surface area contributed by atoms with E-state index in [0.717, 1.165) is 11.4 Å². The Morgan fingerprint density at radius 1 is 1.57 bits per heavy atom. The highest BCUT2D eigenvalue weighted by Gasteiger charge is 1.96. The highest BCUT2D eigenvalue weighted by Crippen LogP contribution is 2.16. The zero-order chi connectivity index (χ0) is 10.4. The normalized spacial score (nSPS) is 9.50. The molecule has 0 aliphatic carbocycles. The van der Waals surface area contributed by atoms with E-state index in [9.17, 15) is 0 Å². The van der Waals surface area contributed by atoms with Gasteiger partial charge in [0.2, 0.25) is 0 Å². The maximum Gasteiger partial charge on any atom is 0.168 e. The monoisotopic (exact) mass is 230 g/mol. The first-order valence-corrected chi connectivity index (χ1v) is 5.02. The van der Waals surface area contributed by atoms with Crippen LogP contribution in [-0.2, 0) is 0 Å². The molecule has 14 heavy (non-hydrogen) atoms. The van der Waals surface area contributed by atoms with Crippen molar-refractivity contribution in [2.24, 2.45) is 5.73 Å². The van der Waals surface area contributed by atoms with Gasteiger partial charge in [-0.25, -0.2) is 0 Å². The highest BCUT2D eigenvalue weighted by atomic mass is 35.5. The molecular weight excluding hydrogens is 220 g/mol. The molecule has 0 aliphatic heterocycles. The fourth-order valence-electron chi connectivity index (χ4n) is 0.962. The number of ether oxygens (including phenoxy) is 1. The predicted molar refractivity (Wildman–Crippen MR) is 63.1 cm³/mol. The topological polar surface area (TPSA) is 47.3 Å². The zero-order valence-electron chi connectivity index (χ0n) is 7.50. The lowest BCUT2D eigenvalue weighted by molar-refractivity contribution is 0.343. The summed E-state index contributed by atoms with van der Waals surface area (Å²) in [6.45, 7) is 0.484. The minimum absolute atomic E-state index is 0.236. The van der Waals surface area contributed by atoms with Crippen molar-refractivity contribution in [3.63, 3.8) is 0 Å². The van der Waals surface area contributed by atoms with Crippen LogP contribution in [0.1, 0.15) is 0 Å². The fourth-order valence-corrected chi connectivity index (χ4v) is 1.16. The first-order chi connectivity index (χ1) is 6.72. The van der Waals surface area contributed by atoms with E-state index in [-0.39, 0.29) is 5.11 Å². The van der Waals surface area contributed by atoms with Crippen molar-refractivity contribution in [2.45, 2.75) is 0 Å². The van der Waals surface area contributed by atoms with Crippen LogP contribution in [0.25, 0.3) is 0 Å². The molecule has 0 amide bonds. The maximum absolute atomic E-state index is 5.49. The Morgan fingerprint density at radius 2 is 2.36 bits per heavy atom. The minimum Gasteiger partial charge on any atom is -0.492 e. The van der Waals surface area contributed by atoms with E-state index in [4.69, 9.17) is 34.3 Å². The van der Waals surface area contributed by atoms with Gasteiger partial charge in [-0.15, -0.1) is 11.6 Å². The molecule has 3 nitrogen and oxygen atoms in total. The summed E-state index contributed by atoms with van der Waals surface area (Å²) in [6.07, 6.45) is 0. The van der Waals surface area contributed by atoms with Crippen LogP contribution in [0.5, 0.6) is 5.75 Å². The third-order valence-corrected chi connectivity index (χ3v) is 1.70. The largest absolute Gasteiger partial charge is 0.492 e. The molecule has 0 aromatic heterocycles. The first kappa shape index (κ1) is 11.1. The Labute approximate surface area is 93.2 Å². The Morgan fingerprint density at radius 3 is 3.00 bits per heavy atom. The van der Waals surface area contributed by atoms with E-state index < -0.39 is 0 Å². The number of hydrogen-bond acceptors (Lipinski definition) is 2. The Bertz CT molecular complexity index is 319. The molecular formula is C9H11ClN2OS. The van der Waals surface area contributed by atoms with E-state index >= 15 is 0 Å². The SMILES string of the molecule is NC(=S)Nc1cccc(OCCCl)c1. The molecule has 0 spiro atoms. The van der Waals surface area contributed by atoms with Gasteiger partial charge in [0.1, 0.15) is 12.4 Å². The van der Waals surface area contributed by atoms with Crippen LogP contribution in [0.3, 0.4) is 0 Å². The van der Waals surface area contributed by atoms with Crippen LogP contribution in [-0.4, -0.2) is 17.6 Å². The summed E-state index contributed by atoms with van der Waals surface area (Å²) in [6, 6.07) is 7.36. The number of nitrogens with one attached hydrogen (secondary N) is 1. The summed E-state index contributed by atoms with van der Waals surface area (Å²) in [7, 11) is 0. The van der Waals surface area contributed by atoms with Crippen molar-refractivity contribution in [2.75, 3.05) is 17.8 Å². The zero-order valence-corrected chi connectivity index (χ0v) is 9.07. The number of nitrogens with two attached hydrogens (primary N) is 1. The van der Waals surface area contributed by atoms with Crippen LogP contribution in [0.2, 0.25) is 0 Å². The van der Waals surface area contributed by atoms with Crippen molar-refractivity contribution >= 4 is 34.6 Å². The van der Waals surface area contributed by atoms with Gasteiger partial charge < -0.3 is 15.8 Å². The smallest absolute Gasteiger partial charge is 0.168 e. The molecule has 3 N–H and O–H groups in total. The molecule has 1 rings (SSSR count). The summed E-state index contributed by atoms with van der Waals surface area (Å²) < 4.78 is 5.32. The van der Waals surface area contributed by atoms with Gasteiger partial charge in [-0.3, -0.25) is 0 Å². The average Bonchev–Trinajstić information content (AvgIpc) is 2.14. The standard InChI is InChI=1S/C9H11ClN2OS/c10-4-5-13-8-3-1-2-7(6-8)12-9(11)14/h1-3,6H,4-5H2,(H3,11,12,14). The highest BCUT2D eigenvalue weighted by molar-refractivity contribution is 7.80. The van der Waals surface area contributed by atoms with Crippen LogP contribution in [0.4, 0.5) is 5.69 Å². The summed E-state index contributed by atoms with van der Waals surface area (Å²) >= 11 is 10.2. The maximum atomic E-state index is 5.49. The van der Waals surface area contributed by atoms with Gasteiger partial charge in [-0.05, 0) is 24.4 Å². The van der Waals surface area contributed by atoms with Gasteiger partial charge in [0, 0.05) is 11.8 Å². The van der Waals surface area contributed by atoms with Gasteiger partial charge in [0.15, 0.2) is 5.11 Å². The first-order valence-electron chi connectivity index (χ1n) is 4.07. The van der Waals surface area contributed by atoms with Crippen LogP contribution < -0.4 is 15.8 Å². The van der Waals surface area contributed by atoms with Gasteiger partial charge in [0.05, 0.1) is 5.88 Å². The third kappa shape index (κ3) is 3.81. The molecule has 76 valence electrons. The second-order valence-electron chi connectivity index (χ2n) is 2.55. The third-order valence-electron chi connectivity index (χ3n) is 1.45. The number of anilines is 1. The van der Waals surface area contributed by atoms with Crippen molar-refractivity contribution in [1.29, 1.82) is 0 Å². The lowest BCUT2D eigenvalue weighted by Crippen LogP contribution is -2.18. The molecule has 0 unspecified atom stereocenters. The van der Waals surface area contributed by atoms with E-state index in [1.54, 1.807) is 0 Å². The molecule has 0 heterocycles. The molecule has 0 atom stereocenters. The molecule has 0 fully saturated rings. The van der Waals surface area contributed by atoms with E-state index in [1.807, 2.05) is 24.3 Å². The van der Waals surface area contributed by atoms with E-state index in [0.29, 0.717) is 12.5 Å². The van der Waals surface area contributed by atoms with Gasteiger partial charge in [-0.2, -0.15) is 0 Å². The van der Waals surface area contributed by atoms with Crippen molar-refractivity contribution in [3.05, 3.63) is 24.3 Å². The Hall–Kier alpha value is -1.00. The van der Waals surface area contributed by atoms with Gasteiger partial charge in [0.25, 0.3) is 0 Å². The second kappa shape index (κ2) is 5.67. The summed E-state index contributed by atoms with van der Waals surface area (Å²) in [4.78, 5) is 0. The minimum atomic E-state index is 0.236. The number of halogens is 1. The second-order valence-corrected chi connectivity index (χ2v) is 3.37. The molecule has 1 aromatic carbocycles. The molecule has 1 aromatic rings. The number of hydrogen-bond donors (Lipinski definition) is 2. The van der Waals surface area contributed by atoms with Crippen molar-refractivity contribution in [1.82, 2.24) is 0 Å². The van der Waals surface area contributed by atoms with E-state index in [1.165, 1.54) is 0 Å². The lowest BCUT2D eigenvalue weighted by atomic mass is 10.3. The van der Waals surface area contributed by atoms with Crippen LogP contribution in [0, 0.1) is 0 Å². The number of thiocarbonyl (C=S) groups is 1. The summed E-state index contributed by atoms with van der Waals surface area (Å²) in [5.41, 5.74) is 6.14. The molecule has 0 bridgehead atoms. The Kier molecular flexibility index (Phi) is 4.49. The van der Waals surface area contributed by atoms with Crippen LogP contribution in [0.15, 0.2) is 24.3 Å². The average molecular weight is 231 g/mol. The number of rotatable bonds is 4. The molecule has 0 saturated heterocycles. The molecule has 0 radical (unpaired) electrons.